The van der Waals surface area contributed by atoms with E-state index >= 15 is 8.78 Å². The third kappa shape index (κ3) is 10.2. The first-order valence-electron chi connectivity index (χ1n) is 19.3. The average Bonchev–Trinajstić information content (AvgIpc) is 3.77. The number of amides is 3. The summed E-state index contributed by atoms with van der Waals surface area (Å²) in [6.45, 7) is 8.31. The summed E-state index contributed by atoms with van der Waals surface area (Å²) in [7, 11) is 5.29. The van der Waals surface area contributed by atoms with Gasteiger partial charge in [0.2, 0.25) is 5.91 Å². The molecule has 17 heteroatoms. The van der Waals surface area contributed by atoms with E-state index in [4.69, 9.17) is 27.8 Å². The number of carbonyl (C=O) groups is 3. The van der Waals surface area contributed by atoms with E-state index in [1.54, 1.807) is 34.6 Å². The Morgan fingerprint density at radius 1 is 0.912 bits per heavy atom. The minimum Gasteiger partial charge on any atom is -0.383 e. The Labute approximate surface area is 337 Å². The normalized spacial score (nSPS) is 13.4. The van der Waals surface area contributed by atoms with Crippen molar-refractivity contribution in [1.29, 1.82) is 0 Å². The highest BCUT2D eigenvalue weighted by molar-refractivity contribution is 6.34. The van der Waals surface area contributed by atoms with Gasteiger partial charge in [-0.2, -0.15) is 5.10 Å². The van der Waals surface area contributed by atoms with Crippen molar-refractivity contribution in [2.24, 2.45) is 18.5 Å². The van der Waals surface area contributed by atoms with Crippen LogP contribution in [-0.2, 0) is 23.1 Å². The minimum atomic E-state index is -1.09. The van der Waals surface area contributed by atoms with Crippen molar-refractivity contribution in [1.82, 2.24) is 29.1 Å². The van der Waals surface area contributed by atoms with E-state index in [1.165, 1.54) is 48.3 Å². The molecule has 0 unspecified atom stereocenters. The summed E-state index contributed by atoms with van der Waals surface area (Å²) in [6.07, 6.45) is 5.84. The summed E-state index contributed by atoms with van der Waals surface area (Å²) >= 11 is 6.56. The molecular weight excluding hydrogens is 758 g/mol. The zero-order valence-electron chi connectivity index (χ0n) is 33.2. The van der Waals surface area contributed by atoms with E-state index in [0.717, 1.165) is 43.4 Å². The van der Waals surface area contributed by atoms with Gasteiger partial charge in [-0.15, -0.1) is 0 Å². The van der Waals surface area contributed by atoms with Gasteiger partial charge < -0.3 is 40.4 Å². The van der Waals surface area contributed by atoms with Crippen molar-refractivity contribution in [3.05, 3.63) is 76.5 Å². The molecule has 5 rings (SSSR count). The smallest absolute Gasteiger partial charge is 0.291 e. The zero-order chi connectivity index (χ0) is 41.3. The summed E-state index contributed by atoms with van der Waals surface area (Å²) in [4.78, 5) is 47.4. The first kappa shape index (κ1) is 43.4. The number of benzene rings is 2. The van der Waals surface area contributed by atoms with Crippen molar-refractivity contribution in [3.8, 4) is 22.4 Å². The lowest BCUT2D eigenvalue weighted by Gasteiger charge is -2.36. The Balaban J connectivity index is 1.16. The summed E-state index contributed by atoms with van der Waals surface area (Å²) in [5, 5.41) is 7.13. The number of hydrogen-bond donors (Lipinski definition) is 3. The highest BCUT2D eigenvalue weighted by Crippen LogP contribution is 2.33. The fraction of sp³-hybridized carbons (Fsp3) is 0.475. The van der Waals surface area contributed by atoms with E-state index in [0.29, 0.717) is 75.8 Å². The lowest BCUT2D eigenvalue weighted by atomic mass is 10.0. The number of hydrogen-bond acceptors (Lipinski definition) is 8. The van der Waals surface area contributed by atoms with Crippen LogP contribution in [0.3, 0.4) is 0 Å². The van der Waals surface area contributed by atoms with Crippen LogP contribution in [0.15, 0.2) is 42.7 Å². The molecule has 5 N–H and O–H groups in total. The Morgan fingerprint density at radius 3 is 2.19 bits per heavy atom. The molecule has 0 aliphatic carbocycles. The lowest BCUT2D eigenvalue weighted by Crippen LogP contribution is -2.51. The van der Waals surface area contributed by atoms with Crippen LogP contribution in [0.25, 0.3) is 22.4 Å². The van der Waals surface area contributed by atoms with Crippen LogP contribution in [0.4, 0.5) is 14.5 Å². The molecule has 0 radical (unpaired) electrons. The summed E-state index contributed by atoms with van der Waals surface area (Å²) in [6, 6.07) is 7.48. The predicted molar refractivity (Wildman–Crippen MR) is 216 cm³/mol. The van der Waals surface area contributed by atoms with Gasteiger partial charge in [0, 0.05) is 94.1 Å². The second-order valence-electron chi connectivity index (χ2n) is 14.7. The summed E-state index contributed by atoms with van der Waals surface area (Å²) in [5.41, 5.74) is 13.4. The molecule has 0 saturated carbocycles. The van der Waals surface area contributed by atoms with Gasteiger partial charge in [-0.05, 0) is 44.3 Å². The average molecular weight is 812 g/mol. The van der Waals surface area contributed by atoms with Crippen LogP contribution >= 0.6 is 11.6 Å². The highest BCUT2D eigenvalue weighted by atomic mass is 35.5. The first-order valence-corrected chi connectivity index (χ1v) is 19.6. The molecule has 3 heterocycles. The number of nitrogens with one attached hydrogen (secondary N) is 1. The number of aromatic nitrogens is 4. The van der Waals surface area contributed by atoms with Gasteiger partial charge in [-0.25, -0.2) is 13.8 Å². The molecule has 0 spiro atoms. The first-order chi connectivity index (χ1) is 27.3. The third-order valence-corrected chi connectivity index (χ3v) is 11.0. The van der Waals surface area contributed by atoms with E-state index < -0.39 is 17.5 Å². The van der Waals surface area contributed by atoms with Crippen LogP contribution in [-0.4, -0.2) is 131 Å². The number of quaternary nitrogens is 1. The maximum Gasteiger partial charge on any atom is 0.291 e. The largest absolute Gasteiger partial charge is 0.383 e. The summed E-state index contributed by atoms with van der Waals surface area (Å²) in [5.74, 6) is -3.01. The van der Waals surface area contributed by atoms with Crippen molar-refractivity contribution < 1.29 is 32.4 Å². The minimum absolute atomic E-state index is 0.0564. The van der Waals surface area contributed by atoms with E-state index in [-0.39, 0.29) is 45.0 Å². The second-order valence-corrected chi connectivity index (χ2v) is 15.1. The van der Waals surface area contributed by atoms with Gasteiger partial charge in [-0.1, -0.05) is 17.7 Å². The SMILES string of the molecule is COCCn1ncc(-c2ccc(-c3cnc(C(=O)Nc4ccc(C(=O)N5CCN(C(=O)CCC[N+](C)(CCCN)CCCN)CC5)c(Cl)c4)n3C)c(F)c2F)c1C. The molecule has 4 aromatic rings. The molecule has 1 saturated heterocycles. The molecule has 3 amide bonds. The van der Waals surface area contributed by atoms with Crippen LogP contribution in [0.5, 0.6) is 0 Å². The molecular formula is C40H54ClF2N10O4+. The van der Waals surface area contributed by atoms with Crippen molar-refractivity contribution in [3.63, 3.8) is 0 Å². The Hall–Kier alpha value is -4.74. The molecule has 1 aliphatic heterocycles. The number of nitrogens with zero attached hydrogens (tertiary/aromatic N) is 7. The summed E-state index contributed by atoms with van der Waals surface area (Å²) < 4.78 is 40.0. The predicted octanol–water partition coefficient (Wildman–Crippen LogP) is 4.30. The molecule has 2 aromatic carbocycles. The standard InChI is InChI=1S/C40H53ClF2N10O4/c1-27-32(25-47-52(27)19-23-57-4)29-11-12-31(37(43)36(29)42)34-26-46-38(49(34)2)39(55)48-28-9-10-30(33(41)24-28)40(56)51-17-15-50(16-18-51)35(54)8-5-20-53(3,21-6-13-44)22-7-14-45/h9-12,24-26H,5-8,13-23,44-45H2,1-4H3/p+1. The van der Waals surface area contributed by atoms with Gasteiger partial charge in [0.05, 0.1) is 68.5 Å². The molecule has 1 fully saturated rings. The van der Waals surface area contributed by atoms with E-state index in [9.17, 15) is 14.4 Å². The maximum absolute atomic E-state index is 15.6. The van der Waals surface area contributed by atoms with Gasteiger partial charge in [0.15, 0.2) is 17.5 Å². The van der Waals surface area contributed by atoms with E-state index in [2.05, 4.69) is 22.4 Å². The number of anilines is 1. The molecule has 14 nitrogen and oxygen atoms in total. The third-order valence-electron chi connectivity index (χ3n) is 10.7. The van der Waals surface area contributed by atoms with Gasteiger partial charge in [0.25, 0.3) is 11.8 Å². The second kappa shape index (κ2) is 19.6. The zero-order valence-corrected chi connectivity index (χ0v) is 34.0. The van der Waals surface area contributed by atoms with Gasteiger partial charge in [-0.3, -0.25) is 19.1 Å². The number of carbonyl (C=O) groups excluding carboxylic acids is 3. The molecule has 0 bridgehead atoms. The van der Waals surface area contributed by atoms with Crippen LogP contribution in [0.2, 0.25) is 5.02 Å². The van der Waals surface area contributed by atoms with Crippen LogP contribution in [0, 0.1) is 18.6 Å². The van der Waals surface area contributed by atoms with Crippen LogP contribution < -0.4 is 16.8 Å². The molecule has 57 heavy (non-hydrogen) atoms. The van der Waals surface area contributed by atoms with Gasteiger partial charge in [0.1, 0.15) is 0 Å². The lowest BCUT2D eigenvalue weighted by molar-refractivity contribution is -0.909. The highest BCUT2D eigenvalue weighted by Gasteiger charge is 2.28. The molecule has 308 valence electrons. The fourth-order valence-electron chi connectivity index (χ4n) is 7.27. The molecule has 2 aromatic heterocycles. The topological polar surface area (TPSA) is 167 Å². The maximum atomic E-state index is 15.6. The number of methoxy groups -OCH3 is 1. The number of rotatable bonds is 18. The fourth-order valence-corrected chi connectivity index (χ4v) is 7.54. The molecule has 0 atom stereocenters. The van der Waals surface area contributed by atoms with Gasteiger partial charge >= 0.3 is 0 Å². The van der Waals surface area contributed by atoms with Crippen molar-refractivity contribution >= 4 is 35.0 Å². The van der Waals surface area contributed by atoms with Crippen molar-refractivity contribution in [2.45, 2.75) is 39.2 Å². The number of imidazole rings is 1. The van der Waals surface area contributed by atoms with Crippen LogP contribution in [0.1, 0.15) is 52.4 Å². The monoisotopic (exact) mass is 811 g/mol. The Bertz CT molecular complexity index is 2040. The number of nitrogens with two attached hydrogens (primary N) is 2. The van der Waals surface area contributed by atoms with Crippen molar-refractivity contribution in [2.75, 3.05) is 85.0 Å². The number of ether oxygens (including phenoxy) is 1. The Kier molecular flexibility index (Phi) is 14.9. The number of halogens is 3. The Morgan fingerprint density at radius 2 is 1.54 bits per heavy atom. The molecule has 1 aliphatic rings. The van der Waals surface area contributed by atoms with E-state index in [1.807, 2.05) is 0 Å². The quantitative estimate of drug-likeness (QED) is 0.125. The number of piperazine rings is 1.